The van der Waals surface area contributed by atoms with Crippen LogP contribution in [-0.4, -0.2) is 41.4 Å². The average Bonchev–Trinajstić information content (AvgIpc) is 2.78. The van der Waals surface area contributed by atoms with Crippen LogP contribution in [0.4, 0.5) is 5.69 Å². The predicted octanol–water partition coefficient (Wildman–Crippen LogP) is 2.01. The minimum atomic E-state index is -0.101. The van der Waals surface area contributed by atoms with Gasteiger partial charge in [0.05, 0.1) is 13.2 Å². The molecular formula is C13H17N3O2S. The molecule has 1 fully saturated rings. The number of hydrogen-bond donors (Lipinski definition) is 2. The van der Waals surface area contributed by atoms with Gasteiger partial charge in [0.15, 0.2) is 5.17 Å². The summed E-state index contributed by atoms with van der Waals surface area (Å²) in [5, 5.41) is 10.9. The van der Waals surface area contributed by atoms with Crippen molar-refractivity contribution in [1.82, 2.24) is 4.90 Å². The Bertz CT molecular complexity index is 461. The number of hydrogen-bond acceptors (Lipinski definition) is 4. The Labute approximate surface area is 116 Å². The predicted molar refractivity (Wildman–Crippen MR) is 78.0 cm³/mol. The van der Waals surface area contributed by atoms with Crippen molar-refractivity contribution in [2.75, 3.05) is 30.8 Å². The molecule has 1 aliphatic rings. The summed E-state index contributed by atoms with van der Waals surface area (Å²) in [5.74, 6) is 1.57. The van der Waals surface area contributed by atoms with Crippen LogP contribution in [0.25, 0.3) is 0 Å². The highest BCUT2D eigenvalue weighted by molar-refractivity contribution is 8.14. The van der Waals surface area contributed by atoms with E-state index in [9.17, 15) is 4.79 Å². The van der Waals surface area contributed by atoms with Crippen molar-refractivity contribution in [3.8, 4) is 5.75 Å². The highest BCUT2D eigenvalue weighted by Crippen LogP contribution is 2.17. The van der Waals surface area contributed by atoms with Crippen LogP contribution < -0.4 is 10.1 Å². The molecule has 2 N–H and O–H groups in total. The summed E-state index contributed by atoms with van der Waals surface area (Å²) >= 11 is 1.47. The number of carbonyl (C=O) groups is 1. The quantitative estimate of drug-likeness (QED) is 0.865. The SMILES string of the molecule is CCOc1ccc(NC(=O)CN2CCSC2=N)cc1. The number of nitrogens with one attached hydrogen (secondary N) is 2. The van der Waals surface area contributed by atoms with Gasteiger partial charge in [-0.1, -0.05) is 11.8 Å². The van der Waals surface area contributed by atoms with E-state index < -0.39 is 0 Å². The maximum atomic E-state index is 11.8. The lowest BCUT2D eigenvalue weighted by atomic mass is 10.3. The molecular weight excluding hydrogens is 262 g/mol. The lowest BCUT2D eigenvalue weighted by Crippen LogP contribution is -2.33. The minimum absolute atomic E-state index is 0.101. The van der Waals surface area contributed by atoms with Crippen molar-refractivity contribution in [2.45, 2.75) is 6.92 Å². The largest absolute Gasteiger partial charge is 0.494 e. The fraction of sp³-hybridized carbons (Fsp3) is 0.385. The van der Waals surface area contributed by atoms with Crippen LogP contribution >= 0.6 is 11.8 Å². The van der Waals surface area contributed by atoms with Gasteiger partial charge in [-0.25, -0.2) is 0 Å². The third-order valence-electron chi connectivity index (χ3n) is 2.67. The second-order valence-corrected chi connectivity index (χ2v) is 5.16. The molecule has 0 aliphatic carbocycles. The fourth-order valence-corrected chi connectivity index (χ4v) is 2.61. The summed E-state index contributed by atoms with van der Waals surface area (Å²) in [6, 6.07) is 7.28. The summed E-state index contributed by atoms with van der Waals surface area (Å²) < 4.78 is 5.34. The van der Waals surface area contributed by atoms with Crippen LogP contribution in [0.5, 0.6) is 5.75 Å². The van der Waals surface area contributed by atoms with Crippen molar-refractivity contribution < 1.29 is 9.53 Å². The Balaban J connectivity index is 1.86. The summed E-state index contributed by atoms with van der Waals surface area (Å²) in [5.41, 5.74) is 0.742. The molecule has 0 unspecified atom stereocenters. The summed E-state index contributed by atoms with van der Waals surface area (Å²) in [6.07, 6.45) is 0. The number of amidine groups is 1. The molecule has 5 nitrogen and oxygen atoms in total. The standard InChI is InChI=1S/C13H17N3O2S/c1-2-18-11-5-3-10(4-6-11)15-12(17)9-16-7-8-19-13(16)14/h3-6,14H,2,7-9H2,1H3,(H,15,17). The van der Waals surface area contributed by atoms with E-state index in [0.29, 0.717) is 11.8 Å². The van der Waals surface area contributed by atoms with Crippen molar-refractivity contribution in [3.05, 3.63) is 24.3 Å². The van der Waals surface area contributed by atoms with E-state index in [1.54, 1.807) is 4.90 Å². The molecule has 1 saturated heterocycles. The molecule has 0 aromatic heterocycles. The van der Waals surface area contributed by atoms with Crippen LogP contribution in [0.1, 0.15) is 6.92 Å². The molecule has 0 bridgehead atoms. The monoisotopic (exact) mass is 279 g/mol. The zero-order chi connectivity index (χ0) is 13.7. The zero-order valence-electron chi connectivity index (χ0n) is 10.8. The first kappa shape index (κ1) is 13.7. The van der Waals surface area contributed by atoms with Gasteiger partial charge in [0.25, 0.3) is 0 Å². The second kappa shape index (κ2) is 6.47. The Morgan fingerprint density at radius 3 is 2.79 bits per heavy atom. The highest BCUT2D eigenvalue weighted by Gasteiger charge is 2.20. The van der Waals surface area contributed by atoms with E-state index in [1.807, 2.05) is 31.2 Å². The van der Waals surface area contributed by atoms with Gasteiger partial charge in [-0.3, -0.25) is 10.2 Å². The Kier molecular flexibility index (Phi) is 4.68. The molecule has 0 radical (unpaired) electrons. The Morgan fingerprint density at radius 2 is 2.21 bits per heavy atom. The lowest BCUT2D eigenvalue weighted by Gasteiger charge is -2.16. The minimum Gasteiger partial charge on any atom is -0.494 e. The Hall–Kier alpha value is -1.69. The highest BCUT2D eigenvalue weighted by atomic mass is 32.2. The first-order chi connectivity index (χ1) is 9.19. The number of benzene rings is 1. The van der Waals surface area contributed by atoms with E-state index in [0.717, 1.165) is 23.7 Å². The number of anilines is 1. The second-order valence-electron chi connectivity index (χ2n) is 4.08. The van der Waals surface area contributed by atoms with Gasteiger partial charge in [0, 0.05) is 18.0 Å². The number of rotatable bonds is 5. The molecule has 0 saturated carbocycles. The first-order valence-corrected chi connectivity index (χ1v) is 7.16. The van der Waals surface area contributed by atoms with Gasteiger partial charge in [-0.05, 0) is 31.2 Å². The maximum Gasteiger partial charge on any atom is 0.243 e. The number of thioether (sulfide) groups is 1. The summed E-state index contributed by atoms with van der Waals surface area (Å²) in [4.78, 5) is 13.6. The molecule has 1 aromatic carbocycles. The molecule has 0 spiro atoms. The van der Waals surface area contributed by atoms with Gasteiger partial charge in [-0.15, -0.1) is 0 Å². The van der Waals surface area contributed by atoms with Gasteiger partial charge in [0.1, 0.15) is 5.75 Å². The van der Waals surface area contributed by atoms with Crippen LogP contribution in [0.15, 0.2) is 24.3 Å². The van der Waals surface area contributed by atoms with Crippen LogP contribution in [0, 0.1) is 5.41 Å². The third kappa shape index (κ3) is 3.89. The van der Waals surface area contributed by atoms with Crippen LogP contribution in [0.2, 0.25) is 0 Å². The first-order valence-electron chi connectivity index (χ1n) is 6.18. The van der Waals surface area contributed by atoms with Crippen molar-refractivity contribution in [3.63, 3.8) is 0 Å². The van der Waals surface area contributed by atoms with E-state index >= 15 is 0 Å². The zero-order valence-corrected chi connectivity index (χ0v) is 11.6. The van der Waals surface area contributed by atoms with Crippen molar-refractivity contribution in [2.24, 2.45) is 0 Å². The fourth-order valence-electron chi connectivity index (χ4n) is 1.77. The van der Waals surface area contributed by atoms with Crippen molar-refractivity contribution >= 4 is 28.5 Å². The number of amides is 1. The number of nitrogens with zero attached hydrogens (tertiary/aromatic N) is 1. The Morgan fingerprint density at radius 1 is 1.47 bits per heavy atom. The summed E-state index contributed by atoms with van der Waals surface area (Å²) in [7, 11) is 0. The topological polar surface area (TPSA) is 65.4 Å². The van der Waals surface area contributed by atoms with E-state index in [2.05, 4.69) is 5.32 Å². The molecule has 102 valence electrons. The van der Waals surface area contributed by atoms with Gasteiger partial charge in [-0.2, -0.15) is 0 Å². The van der Waals surface area contributed by atoms with Gasteiger partial charge >= 0.3 is 0 Å². The number of ether oxygens (including phenoxy) is 1. The van der Waals surface area contributed by atoms with Gasteiger partial charge in [0.2, 0.25) is 5.91 Å². The molecule has 1 aromatic rings. The lowest BCUT2D eigenvalue weighted by molar-refractivity contribution is -0.116. The van der Waals surface area contributed by atoms with Crippen LogP contribution in [0.3, 0.4) is 0 Å². The van der Waals surface area contributed by atoms with Crippen molar-refractivity contribution in [1.29, 1.82) is 5.41 Å². The number of carbonyl (C=O) groups excluding carboxylic acids is 1. The summed E-state index contributed by atoms with van der Waals surface area (Å²) in [6.45, 7) is 3.55. The average molecular weight is 279 g/mol. The molecule has 0 atom stereocenters. The molecule has 19 heavy (non-hydrogen) atoms. The normalized spacial score (nSPS) is 14.6. The third-order valence-corrected chi connectivity index (χ3v) is 3.59. The molecule has 1 amide bonds. The smallest absolute Gasteiger partial charge is 0.243 e. The molecule has 1 aliphatic heterocycles. The van der Waals surface area contributed by atoms with E-state index in [4.69, 9.17) is 10.1 Å². The van der Waals surface area contributed by atoms with Gasteiger partial charge < -0.3 is 15.0 Å². The molecule has 2 rings (SSSR count). The van der Waals surface area contributed by atoms with E-state index in [-0.39, 0.29) is 12.5 Å². The van der Waals surface area contributed by atoms with E-state index in [1.165, 1.54) is 11.8 Å². The van der Waals surface area contributed by atoms with Crippen LogP contribution in [-0.2, 0) is 4.79 Å². The molecule has 6 heteroatoms. The molecule has 1 heterocycles. The maximum absolute atomic E-state index is 11.8.